The van der Waals surface area contributed by atoms with Crippen LogP contribution in [0.15, 0.2) is 84.2 Å². The number of nitrogens with one attached hydrogen (secondary N) is 1. The van der Waals surface area contributed by atoms with Crippen molar-refractivity contribution in [3.63, 3.8) is 0 Å². The predicted octanol–water partition coefficient (Wildman–Crippen LogP) is 5.10. The number of benzene rings is 1. The smallest absolute Gasteiger partial charge is 0.248 e. The van der Waals surface area contributed by atoms with Crippen molar-refractivity contribution in [2.45, 2.75) is 19.4 Å². The second-order valence-electron chi connectivity index (χ2n) is 7.52. The zero-order valence-electron chi connectivity index (χ0n) is 18.6. The lowest BCUT2D eigenvalue weighted by atomic mass is 10.2. The molecule has 4 rings (SSSR count). The molecule has 3 heterocycles. The molecule has 0 spiro atoms. The van der Waals surface area contributed by atoms with E-state index >= 15 is 0 Å². The summed E-state index contributed by atoms with van der Waals surface area (Å²) >= 11 is 0. The van der Waals surface area contributed by atoms with E-state index in [1.807, 2.05) is 48.9 Å². The topological polar surface area (TPSA) is 71.1 Å². The van der Waals surface area contributed by atoms with Gasteiger partial charge in [-0.15, -0.1) is 37.2 Å². The minimum Gasteiger partial charge on any atom is -0.494 e. The highest BCUT2D eigenvalue weighted by Crippen LogP contribution is 2.18. The van der Waals surface area contributed by atoms with Crippen molar-refractivity contribution >= 4 is 48.1 Å². The SMILES string of the molecule is Cl.Cl.Cl.O=c1ccc2cc(OCCCN(CCc3cccnc3)Cc3ccncc3)ccc2[nH]1. The molecule has 0 saturated carbocycles. The van der Waals surface area contributed by atoms with E-state index in [-0.39, 0.29) is 42.8 Å². The summed E-state index contributed by atoms with van der Waals surface area (Å²) in [5, 5.41) is 0.966. The minimum absolute atomic E-state index is 0. The summed E-state index contributed by atoms with van der Waals surface area (Å²) in [5.74, 6) is 0.815. The van der Waals surface area contributed by atoms with Crippen LogP contribution in [0.25, 0.3) is 10.9 Å². The number of fused-ring (bicyclic) bond motifs is 1. The molecule has 0 radical (unpaired) electrons. The maximum absolute atomic E-state index is 11.4. The van der Waals surface area contributed by atoms with Crippen LogP contribution in [-0.2, 0) is 13.0 Å². The molecule has 3 aromatic heterocycles. The lowest BCUT2D eigenvalue weighted by Gasteiger charge is -2.22. The fourth-order valence-electron chi connectivity index (χ4n) is 3.55. The maximum atomic E-state index is 11.4. The quantitative estimate of drug-likeness (QED) is 0.293. The number of aromatic nitrogens is 3. The van der Waals surface area contributed by atoms with Crippen LogP contribution in [0.3, 0.4) is 0 Å². The third-order valence-corrected chi connectivity index (χ3v) is 5.18. The highest BCUT2D eigenvalue weighted by atomic mass is 35.5. The largest absolute Gasteiger partial charge is 0.494 e. The van der Waals surface area contributed by atoms with Gasteiger partial charge >= 0.3 is 0 Å². The number of ether oxygens (including phenoxy) is 1. The van der Waals surface area contributed by atoms with Gasteiger partial charge in [0.25, 0.3) is 0 Å². The van der Waals surface area contributed by atoms with E-state index in [9.17, 15) is 4.79 Å². The van der Waals surface area contributed by atoms with Crippen molar-refractivity contribution in [3.8, 4) is 5.75 Å². The van der Waals surface area contributed by atoms with E-state index in [1.54, 1.807) is 6.20 Å². The van der Waals surface area contributed by atoms with E-state index in [0.29, 0.717) is 6.61 Å². The first-order valence-corrected chi connectivity index (χ1v) is 10.5. The van der Waals surface area contributed by atoms with Crippen LogP contribution in [-0.4, -0.2) is 39.5 Å². The third kappa shape index (κ3) is 8.95. The van der Waals surface area contributed by atoms with Crippen LogP contribution in [0.1, 0.15) is 17.5 Å². The Balaban J connectivity index is 0.00000193. The van der Waals surface area contributed by atoms with Crippen molar-refractivity contribution in [2.75, 3.05) is 19.7 Å². The minimum atomic E-state index is -0.0956. The fourth-order valence-corrected chi connectivity index (χ4v) is 3.55. The van der Waals surface area contributed by atoms with Gasteiger partial charge in [-0.1, -0.05) is 6.07 Å². The van der Waals surface area contributed by atoms with Gasteiger partial charge in [0.05, 0.1) is 6.61 Å². The van der Waals surface area contributed by atoms with Crippen LogP contribution in [0.4, 0.5) is 0 Å². The Kier molecular flexibility index (Phi) is 13.2. The zero-order chi connectivity index (χ0) is 21.3. The number of hydrogen-bond acceptors (Lipinski definition) is 5. The van der Waals surface area contributed by atoms with Crippen molar-refractivity contribution < 1.29 is 4.74 Å². The van der Waals surface area contributed by atoms with Crippen molar-refractivity contribution in [1.29, 1.82) is 0 Å². The number of halogens is 3. The summed E-state index contributed by atoms with van der Waals surface area (Å²) in [7, 11) is 0. The number of aromatic amines is 1. The molecule has 9 heteroatoms. The van der Waals surface area contributed by atoms with Crippen LogP contribution < -0.4 is 10.3 Å². The van der Waals surface area contributed by atoms with E-state index in [2.05, 4.69) is 38.1 Å². The van der Waals surface area contributed by atoms with Gasteiger partial charge in [-0.25, -0.2) is 0 Å². The molecule has 0 aliphatic carbocycles. The lowest BCUT2D eigenvalue weighted by molar-refractivity contribution is 0.230. The van der Waals surface area contributed by atoms with Crippen LogP contribution in [0.2, 0.25) is 0 Å². The van der Waals surface area contributed by atoms with Crippen molar-refractivity contribution in [1.82, 2.24) is 19.9 Å². The molecule has 0 aliphatic heterocycles. The Labute approximate surface area is 218 Å². The van der Waals surface area contributed by atoms with Gasteiger partial charge in [-0.3, -0.25) is 19.7 Å². The Morgan fingerprint density at radius 2 is 1.68 bits per heavy atom. The van der Waals surface area contributed by atoms with Crippen LogP contribution >= 0.6 is 37.2 Å². The number of rotatable bonds is 10. The highest BCUT2D eigenvalue weighted by molar-refractivity contribution is 5.86. The van der Waals surface area contributed by atoms with Gasteiger partial charge < -0.3 is 9.72 Å². The number of nitrogens with zero attached hydrogens (tertiary/aromatic N) is 3. The number of H-pyrrole nitrogens is 1. The second-order valence-corrected chi connectivity index (χ2v) is 7.52. The molecule has 1 aromatic carbocycles. The van der Waals surface area contributed by atoms with Crippen LogP contribution in [0.5, 0.6) is 5.75 Å². The molecule has 0 aliphatic rings. The van der Waals surface area contributed by atoms with E-state index in [4.69, 9.17) is 4.74 Å². The van der Waals surface area contributed by atoms with Gasteiger partial charge in [0, 0.05) is 61.4 Å². The van der Waals surface area contributed by atoms with Crippen molar-refractivity contribution in [3.05, 3.63) is 101 Å². The summed E-state index contributed by atoms with van der Waals surface area (Å²) in [6.45, 7) is 3.40. The second kappa shape index (κ2) is 15.3. The summed E-state index contributed by atoms with van der Waals surface area (Å²) in [6.07, 6.45) is 9.29. The molecule has 1 N–H and O–H groups in total. The van der Waals surface area contributed by atoms with Gasteiger partial charge in [0.2, 0.25) is 5.56 Å². The van der Waals surface area contributed by atoms with Gasteiger partial charge in [-0.2, -0.15) is 0 Å². The molecule has 4 aromatic rings. The van der Waals surface area contributed by atoms with Gasteiger partial charge in [-0.05, 0) is 66.4 Å². The summed E-state index contributed by atoms with van der Waals surface area (Å²) in [6, 6.07) is 17.3. The third-order valence-electron chi connectivity index (χ3n) is 5.18. The molecule has 0 atom stereocenters. The predicted molar refractivity (Wildman–Crippen MR) is 144 cm³/mol. The Bertz CT molecular complexity index is 1160. The van der Waals surface area contributed by atoms with Gasteiger partial charge in [0.15, 0.2) is 0 Å². The molecular formula is C25H29Cl3N4O2. The molecule has 0 bridgehead atoms. The molecular weight excluding hydrogens is 495 g/mol. The van der Waals surface area contributed by atoms with E-state index < -0.39 is 0 Å². The van der Waals surface area contributed by atoms with E-state index in [1.165, 1.54) is 17.2 Å². The molecule has 0 unspecified atom stereocenters. The normalized spacial score (nSPS) is 10.1. The molecule has 34 heavy (non-hydrogen) atoms. The summed E-state index contributed by atoms with van der Waals surface area (Å²) < 4.78 is 5.97. The lowest BCUT2D eigenvalue weighted by Crippen LogP contribution is -2.28. The molecule has 0 fully saturated rings. The first-order chi connectivity index (χ1) is 15.3. The highest BCUT2D eigenvalue weighted by Gasteiger charge is 2.07. The number of pyridine rings is 3. The number of hydrogen-bond donors (Lipinski definition) is 1. The monoisotopic (exact) mass is 522 g/mol. The van der Waals surface area contributed by atoms with Gasteiger partial charge in [0.1, 0.15) is 5.75 Å². The fraction of sp³-hybridized carbons (Fsp3) is 0.240. The first-order valence-electron chi connectivity index (χ1n) is 10.5. The Morgan fingerprint density at radius 1 is 0.853 bits per heavy atom. The average molecular weight is 524 g/mol. The summed E-state index contributed by atoms with van der Waals surface area (Å²) in [5.41, 5.74) is 3.22. The average Bonchev–Trinajstić information content (AvgIpc) is 2.81. The summed E-state index contributed by atoms with van der Waals surface area (Å²) in [4.78, 5) is 25.0. The Morgan fingerprint density at radius 3 is 2.44 bits per heavy atom. The van der Waals surface area contributed by atoms with E-state index in [0.717, 1.165) is 49.1 Å². The van der Waals surface area contributed by atoms with Crippen molar-refractivity contribution in [2.24, 2.45) is 0 Å². The van der Waals surface area contributed by atoms with Crippen LogP contribution in [0, 0.1) is 0 Å². The molecule has 0 amide bonds. The maximum Gasteiger partial charge on any atom is 0.248 e. The molecule has 182 valence electrons. The first kappa shape index (κ1) is 29.4. The standard InChI is InChI=1S/C25H26N4O2.3ClH/c30-25-7-4-22-17-23(5-6-24(22)28-25)31-16-2-14-29(19-21-8-12-26-13-9-21)15-10-20-3-1-11-27-18-20;;;/h1,3-9,11-13,17-18H,2,10,14-16,19H2,(H,28,30);3*1H. The Hall–Kier alpha value is -2.64. The zero-order valence-corrected chi connectivity index (χ0v) is 21.1. The molecule has 6 nitrogen and oxygen atoms in total. The molecule has 0 saturated heterocycles.